The quantitative estimate of drug-likeness (QED) is 0.586. The third-order valence-corrected chi connectivity index (χ3v) is 7.34. The van der Waals surface area contributed by atoms with Gasteiger partial charge in [-0.1, -0.05) is 42.5 Å². The molecule has 3 aromatic carbocycles. The maximum absolute atomic E-state index is 12.9. The first kappa shape index (κ1) is 23.5. The Morgan fingerprint density at radius 1 is 1.00 bits per heavy atom. The number of fused-ring (bicyclic) bond motifs is 1. The fourth-order valence-corrected chi connectivity index (χ4v) is 4.87. The third kappa shape index (κ3) is 4.95. The van der Waals surface area contributed by atoms with Gasteiger partial charge in [0, 0.05) is 26.2 Å². The lowest BCUT2D eigenvalue weighted by atomic mass is 10.1. The van der Waals surface area contributed by atoms with Crippen LogP contribution in [0.15, 0.2) is 83.8 Å². The van der Waals surface area contributed by atoms with Gasteiger partial charge in [0.15, 0.2) is 6.10 Å². The minimum absolute atomic E-state index is 0.0783. The van der Waals surface area contributed by atoms with Gasteiger partial charge in [-0.2, -0.15) is 4.31 Å². The Labute approximate surface area is 198 Å². The second kappa shape index (κ2) is 9.66. The predicted molar refractivity (Wildman–Crippen MR) is 129 cm³/mol. The number of ether oxygens (including phenoxy) is 1. The minimum Gasteiger partial charge on any atom is -0.476 e. The number of amides is 2. The van der Waals surface area contributed by atoms with E-state index in [9.17, 15) is 18.0 Å². The number of para-hydroxylation sites is 2. The van der Waals surface area contributed by atoms with Crippen LogP contribution in [0.5, 0.6) is 5.75 Å². The first-order valence-corrected chi connectivity index (χ1v) is 12.1. The average Bonchev–Trinajstić information content (AvgIpc) is 2.84. The number of hydrogen-bond acceptors (Lipinski definition) is 5. The molecule has 0 radical (unpaired) electrons. The first-order chi connectivity index (χ1) is 16.3. The summed E-state index contributed by atoms with van der Waals surface area (Å²) in [6.07, 6.45) is -0.904. The van der Waals surface area contributed by atoms with Crippen molar-refractivity contribution in [3.05, 3.63) is 84.4 Å². The Morgan fingerprint density at radius 3 is 2.32 bits per heavy atom. The summed E-state index contributed by atoms with van der Waals surface area (Å²) < 4.78 is 32.9. The SMILES string of the molecule is CC(=O)N1C[C@H](C(=O)Nc2ccc(S(=O)(=O)N(C)Cc3ccccc3)cc2)Oc2ccccc21. The summed E-state index contributed by atoms with van der Waals surface area (Å²) in [5.41, 5.74) is 1.92. The van der Waals surface area contributed by atoms with Gasteiger partial charge in [0.2, 0.25) is 15.9 Å². The molecule has 1 atom stereocenters. The molecule has 0 saturated heterocycles. The monoisotopic (exact) mass is 479 g/mol. The second-order valence-corrected chi connectivity index (χ2v) is 10.0. The highest BCUT2D eigenvalue weighted by Gasteiger charge is 2.32. The molecule has 4 rings (SSSR count). The van der Waals surface area contributed by atoms with Crippen LogP contribution in [0.3, 0.4) is 0 Å². The zero-order valence-corrected chi connectivity index (χ0v) is 19.7. The first-order valence-electron chi connectivity index (χ1n) is 10.7. The number of anilines is 2. The van der Waals surface area contributed by atoms with Gasteiger partial charge in [0.25, 0.3) is 5.91 Å². The Bertz CT molecular complexity index is 1290. The molecule has 0 bridgehead atoms. The largest absolute Gasteiger partial charge is 0.476 e. The molecule has 176 valence electrons. The van der Waals surface area contributed by atoms with Crippen LogP contribution in [0.4, 0.5) is 11.4 Å². The normalized spacial score (nSPS) is 15.4. The zero-order chi connectivity index (χ0) is 24.3. The van der Waals surface area contributed by atoms with Crippen molar-refractivity contribution in [1.29, 1.82) is 0 Å². The molecule has 2 amide bonds. The van der Waals surface area contributed by atoms with Gasteiger partial charge in [-0.25, -0.2) is 8.42 Å². The lowest BCUT2D eigenvalue weighted by Crippen LogP contribution is -2.48. The molecule has 1 heterocycles. The number of carbonyl (C=O) groups excluding carboxylic acids is 2. The summed E-state index contributed by atoms with van der Waals surface area (Å²) in [5, 5.41) is 2.74. The molecule has 0 spiro atoms. The molecule has 8 nitrogen and oxygen atoms in total. The Hall–Kier alpha value is -3.69. The number of hydrogen-bond donors (Lipinski definition) is 1. The standard InChI is InChI=1S/C25H25N3O5S/c1-18(29)28-17-24(33-23-11-7-6-10-22(23)28)25(30)26-20-12-14-21(15-13-20)34(31,32)27(2)16-19-8-4-3-5-9-19/h3-15,24H,16-17H2,1-2H3,(H,26,30)/t24-/m1/s1. The molecule has 1 aliphatic heterocycles. The number of nitrogens with one attached hydrogen (secondary N) is 1. The van der Waals surface area contributed by atoms with Crippen molar-refractivity contribution in [1.82, 2.24) is 4.31 Å². The van der Waals surface area contributed by atoms with E-state index >= 15 is 0 Å². The number of sulfonamides is 1. The Kier molecular flexibility index (Phi) is 6.67. The van der Waals surface area contributed by atoms with Crippen LogP contribution < -0.4 is 15.0 Å². The van der Waals surface area contributed by atoms with Crippen LogP contribution in [0, 0.1) is 0 Å². The van der Waals surface area contributed by atoms with Crippen molar-refractivity contribution in [3.63, 3.8) is 0 Å². The Morgan fingerprint density at radius 2 is 1.65 bits per heavy atom. The zero-order valence-electron chi connectivity index (χ0n) is 18.8. The van der Waals surface area contributed by atoms with E-state index in [2.05, 4.69) is 5.32 Å². The lowest BCUT2D eigenvalue weighted by molar-refractivity contribution is -0.123. The summed E-state index contributed by atoms with van der Waals surface area (Å²) in [4.78, 5) is 26.5. The van der Waals surface area contributed by atoms with E-state index < -0.39 is 22.0 Å². The molecule has 0 aliphatic carbocycles. The van der Waals surface area contributed by atoms with Crippen molar-refractivity contribution in [3.8, 4) is 5.75 Å². The van der Waals surface area contributed by atoms with Gasteiger partial charge in [-0.15, -0.1) is 0 Å². The van der Waals surface area contributed by atoms with E-state index in [0.29, 0.717) is 17.1 Å². The van der Waals surface area contributed by atoms with Gasteiger partial charge in [0.05, 0.1) is 17.1 Å². The summed E-state index contributed by atoms with van der Waals surface area (Å²) >= 11 is 0. The van der Waals surface area contributed by atoms with E-state index in [0.717, 1.165) is 5.56 Å². The maximum Gasteiger partial charge on any atom is 0.267 e. The van der Waals surface area contributed by atoms with E-state index in [1.807, 2.05) is 30.3 Å². The van der Waals surface area contributed by atoms with E-state index in [1.165, 1.54) is 47.4 Å². The van der Waals surface area contributed by atoms with Crippen molar-refractivity contribution in [2.45, 2.75) is 24.5 Å². The average molecular weight is 480 g/mol. The summed E-state index contributed by atoms with van der Waals surface area (Å²) in [7, 11) is -2.18. The summed E-state index contributed by atoms with van der Waals surface area (Å²) in [5.74, 6) is -0.174. The molecule has 1 aliphatic rings. The van der Waals surface area contributed by atoms with Crippen LogP contribution in [0.2, 0.25) is 0 Å². The Balaban J connectivity index is 1.44. The van der Waals surface area contributed by atoms with Gasteiger partial charge in [-0.05, 0) is 42.0 Å². The molecule has 0 unspecified atom stereocenters. The molecule has 34 heavy (non-hydrogen) atoms. The van der Waals surface area contributed by atoms with E-state index in [4.69, 9.17) is 4.74 Å². The van der Waals surface area contributed by atoms with Crippen molar-refractivity contribution >= 4 is 33.2 Å². The van der Waals surface area contributed by atoms with Gasteiger partial charge in [-0.3, -0.25) is 9.59 Å². The van der Waals surface area contributed by atoms with Crippen LogP contribution in [0.1, 0.15) is 12.5 Å². The number of nitrogens with zero attached hydrogens (tertiary/aromatic N) is 2. The van der Waals surface area contributed by atoms with Gasteiger partial charge >= 0.3 is 0 Å². The molecule has 0 saturated carbocycles. The minimum atomic E-state index is -3.70. The molecule has 0 fully saturated rings. The topological polar surface area (TPSA) is 96.0 Å². The van der Waals surface area contributed by atoms with Crippen molar-refractivity contribution < 1.29 is 22.7 Å². The summed E-state index contributed by atoms with van der Waals surface area (Å²) in [6, 6.07) is 22.3. The fourth-order valence-electron chi connectivity index (χ4n) is 3.71. The fraction of sp³-hybridized carbons (Fsp3) is 0.200. The highest BCUT2D eigenvalue weighted by Crippen LogP contribution is 2.33. The van der Waals surface area contributed by atoms with E-state index in [1.54, 1.807) is 24.3 Å². The summed E-state index contributed by atoms with van der Waals surface area (Å²) in [6.45, 7) is 1.76. The number of benzene rings is 3. The van der Waals surface area contributed by atoms with E-state index in [-0.39, 0.29) is 23.9 Å². The molecule has 9 heteroatoms. The maximum atomic E-state index is 12.9. The van der Waals surface area contributed by atoms with Crippen LogP contribution in [-0.4, -0.2) is 44.2 Å². The lowest BCUT2D eigenvalue weighted by Gasteiger charge is -2.33. The van der Waals surface area contributed by atoms with Crippen LogP contribution in [0.25, 0.3) is 0 Å². The number of rotatable bonds is 6. The number of carbonyl (C=O) groups is 2. The molecular weight excluding hydrogens is 454 g/mol. The van der Waals surface area contributed by atoms with Crippen LogP contribution in [-0.2, 0) is 26.2 Å². The smallest absolute Gasteiger partial charge is 0.267 e. The molecule has 3 aromatic rings. The van der Waals surface area contributed by atoms with Gasteiger partial charge in [0.1, 0.15) is 5.75 Å². The molecule has 1 N–H and O–H groups in total. The van der Waals surface area contributed by atoms with Crippen molar-refractivity contribution in [2.75, 3.05) is 23.8 Å². The van der Waals surface area contributed by atoms with Crippen LogP contribution >= 0.6 is 0 Å². The third-order valence-electron chi connectivity index (χ3n) is 5.52. The highest BCUT2D eigenvalue weighted by molar-refractivity contribution is 7.89. The molecular formula is C25H25N3O5S. The van der Waals surface area contributed by atoms with Gasteiger partial charge < -0.3 is 15.0 Å². The second-order valence-electron chi connectivity index (χ2n) is 7.96. The predicted octanol–water partition coefficient (Wildman–Crippen LogP) is 3.26. The van der Waals surface area contributed by atoms with Crippen molar-refractivity contribution in [2.24, 2.45) is 0 Å². The molecule has 0 aromatic heterocycles. The highest BCUT2D eigenvalue weighted by atomic mass is 32.2.